The highest BCUT2D eigenvalue weighted by atomic mass is 16.5. The molecule has 5 aromatic rings. The van der Waals surface area contributed by atoms with Crippen LogP contribution in [0.3, 0.4) is 0 Å². The van der Waals surface area contributed by atoms with Gasteiger partial charge in [0, 0.05) is 37.1 Å². The Balaban J connectivity index is 1.42. The molecule has 0 amide bonds. The van der Waals surface area contributed by atoms with E-state index in [1.807, 2.05) is 57.6 Å². The lowest BCUT2D eigenvalue weighted by atomic mass is 9.76. The predicted octanol–water partition coefficient (Wildman–Crippen LogP) is 5.11. The highest BCUT2D eigenvalue weighted by Gasteiger charge is 2.40. The van der Waals surface area contributed by atoms with Crippen molar-refractivity contribution in [1.29, 1.82) is 0 Å². The number of nitrogens with one attached hydrogen (secondary N) is 1. The highest BCUT2D eigenvalue weighted by molar-refractivity contribution is 5.81. The molecule has 3 aromatic heterocycles. The maximum absolute atomic E-state index is 14.5. The van der Waals surface area contributed by atoms with E-state index in [2.05, 4.69) is 27.1 Å². The van der Waals surface area contributed by atoms with Crippen molar-refractivity contribution in [2.75, 3.05) is 7.11 Å². The number of hydrogen-bond donors (Lipinski definition) is 2. The van der Waals surface area contributed by atoms with Crippen molar-refractivity contribution in [3.63, 3.8) is 0 Å². The monoisotopic (exact) mass is 612 g/mol. The molecule has 2 N–H and O–H groups in total. The van der Waals surface area contributed by atoms with Crippen LogP contribution in [0.4, 0.5) is 0 Å². The summed E-state index contributed by atoms with van der Waals surface area (Å²) in [4.78, 5) is 33.7. The molecule has 236 valence electrons. The van der Waals surface area contributed by atoms with E-state index in [0.717, 1.165) is 41.6 Å². The van der Waals surface area contributed by atoms with Gasteiger partial charge in [0.25, 0.3) is 5.56 Å². The van der Waals surface area contributed by atoms with Crippen molar-refractivity contribution in [3.8, 4) is 22.5 Å². The molecule has 6 rings (SSSR count). The normalized spacial score (nSPS) is 18.9. The van der Waals surface area contributed by atoms with Crippen LogP contribution in [0.5, 0.6) is 0 Å². The minimum Gasteiger partial charge on any atom is -0.390 e. The number of aryl methyl sites for hydroxylation is 1. The number of aliphatic hydroxyl groups is 1. The van der Waals surface area contributed by atoms with Crippen LogP contribution in [-0.2, 0) is 17.6 Å². The smallest absolute Gasteiger partial charge is 0.390 e. The lowest BCUT2D eigenvalue weighted by molar-refractivity contribution is -0.0977. The molecule has 45 heavy (non-hydrogen) atoms. The lowest BCUT2D eigenvalue weighted by Gasteiger charge is -2.42. The molecule has 1 saturated carbocycles. The fraction of sp³-hybridized carbons (Fsp3) is 0.441. The quantitative estimate of drug-likeness (QED) is 0.222. The zero-order valence-electron chi connectivity index (χ0n) is 26.2. The highest BCUT2D eigenvalue weighted by Crippen LogP contribution is 2.41. The third-order valence-corrected chi connectivity index (χ3v) is 8.98. The van der Waals surface area contributed by atoms with E-state index in [-0.39, 0.29) is 11.6 Å². The predicted molar refractivity (Wildman–Crippen MR) is 170 cm³/mol. The minimum atomic E-state index is -0.858. The van der Waals surface area contributed by atoms with Gasteiger partial charge in [-0.15, -0.1) is 0 Å². The minimum absolute atomic E-state index is 0.0696. The van der Waals surface area contributed by atoms with Gasteiger partial charge in [0.1, 0.15) is 6.33 Å². The zero-order chi connectivity index (χ0) is 31.8. The molecule has 0 bridgehead atoms. The lowest BCUT2D eigenvalue weighted by Crippen LogP contribution is -2.44. The molecule has 0 saturated heterocycles. The Morgan fingerprint density at radius 3 is 2.51 bits per heavy atom. The Bertz CT molecular complexity index is 1910. The average Bonchev–Trinajstić information content (AvgIpc) is 3.69. The molecule has 0 unspecified atom stereocenters. The van der Waals surface area contributed by atoms with Gasteiger partial charge in [0.15, 0.2) is 5.82 Å². The largest absolute Gasteiger partial charge is 0.439 e. The van der Waals surface area contributed by atoms with Gasteiger partial charge in [0.05, 0.1) is 16.9 Å². The van der Waals surface area contributed by atoms with Gasteiger partial charge in [-0.3, -0.25) is 18.9 Å². The number of hydrogen-bond acceptors (Lipinski definition) is 8. The first-order chi connectivity index (χ1) is 21.6. The number of aromatic nitrogens is 6. The van der Waals surface area contributed by atoms with Gasteiger partial charge < -0.3 is 9.84 Å². The Morgan fingerprint density at radius 2 is 1.87 bits per heavy atom. The first-order valence-corrected chi connectivity index (χ1v) is 15.6. The van der Waals surface area contributed by atoms with E-state index in [1.165, 1.54) is 6.33 Å². The topological polar surface area (TPSA) is 141 Å². The van der Waals surface area contributed by atoms with Crippen LogP contribution in [0.15, 0.2) is 69.0 Å². The Kier molecular flexibility index (Phi) is 8.32. The van der Waals surface area contributed by atoms with E-state index in [1.54, 1.807) is 21.0 Å². The van der Waals surface area contributed by atoms with Gasteiger partial charge in [-0.1, -0.05) is 61.0 Å². The molecular formula is C34H40N6O5. The van der Waals surface area contributed by atoms with Gasteiger partial charge in [-0.05, 0) is 68.7 Å². The van der Waals surface area contributed by atoms with Crippen molar-refractivity contribution in [2.24, 2.45) is 0 Å². The van der Waals surface area contributed by atoms with Gasteiger partial charge >= 0.3 is 5.76 Å². The third-order valence-electron chi connectivity index (χ3n) is 8.98. The first-order valence-electron chi connectivity index (χ1n) is 15.6. The molecule has 0 atom stereocenters. The summed E-state index contributed by atoms with van der Waals surface area (Å²) < 4.78 is 14.5. The summed E-state index contributed by atoms with van der Waals surface area (Å²) in [6, 6.07) is 15.7. The van der Waals surface area contributed by atoms with Crippen LogP contribution in [-0.4, -0.2) is 52.7 Å². The van der Waals surface area contributed by atoms with Gasteiger partial charge in [0.2, 0.25) is 5.78 Å². The third kappa shape index (κ3) is 6.14. The second-order valence-corrected chi connectivity index (χ2v) is 12.8. The maximum atomic E-state index is 14.5. The summed E-state index contributed by atoms with van der Waals surface area (Å²) in [5, 5.41) is 19.1. The second-order valence-electron chi connectivity index (χ2n) is 12.8. The van der Waals surface area contributed by atoms with Crippen molar-refractivity contribution >= 4 is 5.78 Å². The number of nitrogens with zero attached hydrogens (tertiary/aromatic N) is 5. The molecule has 0 radical (unpaired) electrons. The molecule has 1 fully saturated rings. The van der Waals surface area contributed by atoms with Crippen LogP contribution < -0.4 is 11.3 Å². The van der Waals surface area contributed by atoms with Crippen LogP contribution in [0, 0.1) is 0 Å². The standard InChI is InChI=1S/C34H40N6O5/c1-5-9-28-27(19-22-12-13-25(23-10-7-6-8-11-23)26(18-22)29-37-32(42)45-38-29)30(41)39(31-35-21-36-40(28)31)24-14-16-34(44-4,17-15-24)20-33(2,3)43/h6-8,10-13,18,21,24,43H,5,9,14-17,19-20H2,1-4H3,(H,37,38,42). The molecule has 11 heteroatoms. The first kappa shape index (κ1) is 30.7. The van der Waals surface area contributed by atoms with Crippen LogP contribution >= 0.6 is 0 Å². The molecular weight excluding hydrogens is 572 g/mol. The Hall–Kier alpha value is -4.35. The molecule has 3 heterocycles. The molecule has 2 aromatic carbocycles. The fourth-order valence-corrected chi connectivity index (χ4v) is 7.02. The number of fused-ring (bicyclic) bond motifs is 1. The van der Waals surface area contributed by atoms with Crippen molar-refractivity contribution < 1.29 is 14.4 Å². The summed E-state index contributed by atoms with van der Waals surface area (Å²) in [6.45, 7) is 5.70. The number of benzene rings is 2. The van der Waals surface area contributed by atoms with E-state index in [4.69, 9.17) is 9.26 Å². The number of rotatable bonds is 10. The molecule has 11 nitrogen and oxygen atoms in total. The number of methoxy groups -OCH3 is 1. The van der Waals surface area contributed by atoms with E-state index >= 15 is 0 Å². The molecule has 0 spiro atoms. The summed E-state index contributed by atoms with van der Waals surface area (Å²) >= 11 is 0. The van der Waals surface area contributed by atoms with Crippen molar-refractivity contribution in [2.45, 2.75) is 89.4 Å². The van der Waals surface area contributed by atoms with E-state index in [0.29, 0.717) is 54.8 Å². The molecule has 1 aliphatic carbocycles. The van der Waals surface area contributed by atoms with Crippen LogP contribution in [0.25, 0.3) is 28.3 Å². The SMILES string of the molecule is CCCc1c(Cc2ccc(-c3ccccc3)c(-c3noc(=O)[nH]3)c2)c(=O)n(C2CCC(CC(C)(C)O)(OC)CC2)c2ncnn12. The fourth-order valence-electron chi connectivity index (χ4n) is 7.02. The van der Waals surface area contributed by atoms with Crippen LogP contribution in [0.1, 0.15) is 82.2 Å². The van der Waals surface area contributed by atoms with Gasteiger partial charge in [-0.25, -0.2) is 9.31 Å². The number of ether oxygens (including phenoxy) is 1. The second kappa shape index (κ2) is 12.2. The van der Waals surface area contributed by atoms with Crippen molar-refractivity contribution in [3.05, 3.63) is 92.6 Å². The summed E-state index contributed by atoms with van der Waals surface area (Å²) in [5.41, 5.74) is 3.60. The van der Waals surface area contributed by atoms with Crippen LogP contribution in [0.2, 0.25) is 0 Å². The van der Waals surface area contributed by atoms with E-state index in [9.17, 15) is 14.7 Å². The maximum Gasteiger partial charge on any atom is 0.439 e. The summed E-state index contributed by atoms with van der Waals surface area (Å²) in [6.07, 6.45) is 6.77. The number of H-pyrrole nitrogens is 1. The molecule has 1 aliphatic rings. The van der Waals surface area contributed by atoms with Crippen molar-refractivity contribution in [1.82, 2.24) is 29.3 Å². The Labute approximate surface area is 260 Å². The average molecular weight is 613 g/mol. The van der Waals surface area contributed by atoms with Gasteiger partial charge in [-0.2, -0.15) is 10.1 Å². The summed E-state index contributed by atoms with van der Waals surface area (Å²) in [5.74, 6) is 0.241. The zero-order valence-corrected chi connectivity index (χ0v) is 26.2. The summed E-state index contributed by atoms with van der Waals surface area (Å²) in [7, 11) is 1.71. The number of aromatic amines is 1. The molecule has 0 aliphatic heterocycles. The van der Waals surface area contributed by atoms with E-state index < -0.39 is 17.0 Å². The Morgan fingerprint density at radius 1 is 1.11 bits per heavy atom.